The molecule has 1 aliphatic heterocycles. The molecule has 0 radical (unpaired) electrons. The molecule has 1 rings (SSSR count). The molecule has 3 nitrogen and oxygen atoms in total. The predicted molar refractivity (Wildman–Crippen MR) is 34.6 cm³/mol. The molecule has 0 aromatic rings. The fourth-order valence-corrected chi connectivity index (χ4v) is 1.49. The molecule has 0 aromatic carbocycles. The average Bonchev–Trinajstić information content (AvgIpc) is 2.17. The molecule has 9 heavy (non-hydrogen) atoms. The van der Waals surface area contributed by atoms with Crippen LogP contribution in [-0.2, 0) is 13.6 Å². The highest BCUT2D eigenvalue weighted by molar-refractivity contribution is 7.33. The van der Waals surface area contributed by atoms with E-state index >= 15 is 0 Å². The maximum absolute atomic E-state index is 10.4. The maximum atomic E-state index is 10.4. The Morgan fingerprint density at radius 1 is 1.89 bits per heavy atom. The van der Waals surface area contributed by atoms with Gasteiger partial charge in [0.2, 0.25) is 0 Å². The van der Waals surface area contributed by atoms with Gasteiger partial charge in [-0.1, -0.05) is 6.08 Å². The monoisotopic (exact) mass is 148 g/mol. The lowest BCUT2D eigenvalue weighted by Crippen LogP contribution is -2.05. The molecule has 0 saturated carbocycles. The van der Waals surface area contributed by atoms with E-state index in [0.29, 0.717) is 6.61 Å². The molecule has 52 valence electrons. The maximum Gasteiger partial charge on any atom is 0.319 e. The Bertz CT molecular complexity index is 134. The van der Waals surface area contributed by atoms with Crippen LogP contribution in [0.5, 0.6) is 0 Å². The molecule has 0 spiro atoms. The molecular weight excluding hydrogens is 139 g/mol. The molecular formula is C5H9O3P. The first-order valence-electron chi connectivity index (χ1n) is 2.77. The summed E-state index contributed by atoms with van der Waals surface area (Å²) < 4.78 is 20.0. The summed E-state index contributed by atoms with van der Waals surface area (Å²) in [5, 5.41) is 0. The molecule has 0 N–H and O–H groups in total. The minimum absolute atomic E-state index is 0.0195. The van der Waals surface area contributed by atoms with Crippen LogP contribution in [0, 0.1) is 0 Å². The van der Waals surface area contributed by atoms with Gasteiger partial charge in [0.05, 0.1) is 12.7 Å². The molecule has 1 fully saturated rings. The summed E-state index contributed by atoms with van der Waals surface area (Å²) in [4.78, 5) is 0. The van der Waals surface area contributed by atoms with Crippen molar-refractivity contribution in [3.05, 3.63) is 12.7 Å². The van der Waals surface area contributed by atoms with Crippen LogP contribution in [0.2, 0.25) is 0 Å². The Hall–Kier alpha value is -0.110. The first-order chi connectivity index (χ1) is 4.33. The molecule has 1 saturated heterocycles. The second-order valence-corrected chi connectivity index (χ2v) is 2.85. The van der Waals surface area contributed by atoms with E-state index in [2.05, 4.69) is 6.58 Å². The van der Waals surface area contributed by atoms with Gasteiger partial charge in [0.1, 0.15) is 0 Å². The fraction of sp³-hybridized carbons (Fsp3) is 0.600. The first kappa shape index (κ1) is 7.00. The molecule has 1 aliphatic rings. The minimum Gasteiger partial charge on any atom is -0.308 e. The highest BCUT2D eigenvalue weighted by Gasteiger charge is 2.19. The zero-order valence-electron chi connectivity index (χ0n) is 5.00. The topological polar surface area (TPSA) is 35.5 Å². The average molecular weight is 148 g/mol. The Morgan fingerprint density at radius 2 is 2.67 bits per heavy atom. The summed E-state index contributed by atoms with van der Waals surface area (Å²) in [6.45, 7) is 3.97. The second-order valence-electron chi connectivity index (χ2n) is 1.83. The third-order valence-electron chi connectivity index (χ3n) is 1.08. The van der Waals surface area contributed by atoms with E-state index in [1.807, 2.05) is 0 Å². The normalized spacial score (nSPS) is 34.7. The summed E-state index contributed by atoms with van der Waals surface area (Å²) in [7, 11) is -2.13. The van der Waals surface area contributed by atoms with Crippen molar-refractivity contribution in [2.75, 3.05) is 6.61 Å². The minimum atomic E-state index is -2.13. The molecule has 0 amide bonds. The molecule has 0 aromatic heterocycles. The van der Waals surface area contributed by atoms with E-state index in [1.54, 1.807) is 6.08 Å². The molecule has 2 atom stereocenters. The second kappa shape index (κ2) is 3.16. The van der Waals surface area contributed by atoms with Gasteiger partial charge in [-0.3, -0.25) is 4.57 Å². The van der Waals surface area contributed by atoms with Gasteiger partial charge in [-0.15, -0.1) is 6.58 Å². The zero-order valence-corrected chi connectivity index (χ0v) is 6.00. The van der Waals surface area contributed by atoms with Crippen LogP contribution in [0.15, 0.2) is 12.7 Å². The van der Waals surface area contributed by atoms with Gasteiger partial charge in [0, 0.05) is 0 Å². The SMILES string of the molecule is C=CCC1CO[PH](=O)O1. The van der Waals surface area contributed by atoms with Crippen molar-refractivity contribution in [1.29, 1.82) is 0 Å². The van der Waals surface area contributed by atoms with Gasteiger partial charge in [-0.2, -0.15) is 0 Å². The molecule has 0 aliphatic carbocycles. The van der Waals surface area contributed by atoms with Crippen LogP contribution in [0.25, 0.3) is 0 Å². The largest absolute Gasteiger partial charge is 0.319 e. The molecule has 4 heteroatoms. The van der Waals surface area contributed by atoms with E-state index in [0.717, 1.165) is 6.42 Å². The summed E-state index contributed by atoms with van der Waals surface area (Å²) in [5.74, 6) is 0. The van der Waals surface area contributed by atoms with Crippen molar-refractivity contribution in [2.24, 2.45) is 0 Å². The van der Waals surface area contributed by atoms with Gasteiger partial charge in [-0.05, 0) is 6.42 Å². The Morgan fingerprint density at radius 3 is 3.11 bits per heavy atom. The van der Waals surface area contributed by atoms with Gasteiger partial charge in [0.25, 0.3) is 0 Å². The predicted octanol–water partition coefficient (Wildman–Crippen LogP) is 1.37. The molecule has 2 unspecified atom stereocenters. The van der Waals surface area contributed by atoms with Gasteiger partial charge in [0.15, 0.2) is 0 Å². The number of rotatable bonds is 2. The Labute approximate surface area is 54.6 Å². The summed E-state index contributed by atoms with van der Waals surface area (Å²) in [6, 6.07) is 0. The van der Waals surface area contributed by atoms with Crippen molar-refractivity contribution < 1.29 is 13.6 Å². The summed E-state index contributed by atoms with van der Waals surface area (Å²) >= 11 is 0. The van der Waals surface area contributed by atoms with Crippen LogP contribution < -0.4 is 0 Å². The smallest absolute Gasteiger partial charge is 0.308 e. The van der Waals surface area contributed by atoms with E-state index in [4.69, 9.17) is 9.05 Å². The lowest BCUT2D eigenvalue weighted by atomic mass is 10.3. The molecule has 1 heterocycles. The fourth-order valence-electron chi connectivity index (χ4n) is 0.667. The van der Waals surface area contributed by atoms with Crippen LogP contribution >= 0.6 is 8.25 Å². The third kappa shape index (κ3) is 1.94. The lowest BCUT2D eigenvalue weighted by molar-refractivity contribution is 0.241. The van der Waals surface area contributed by atoms with Crippen LogP contribution in [-0.4, -0.2) is 12.7 Å². The lowest BCUT2D eigenvalue weighted by Gasteiger charge is -1.98. The number of hydrogen-bond donors (Lipinski definition) is 0. The quantitative estimate of drug-likeness (QED) is 0.438. The van der Waals surface area contributed by atoms with E-state index in [9.17, 15) is 4.57 Å². The van der Waals surface area contributed by atoms with Gasteiger partial charge >= 0.3 is 8.25 Å². The van der Waals surface area contributed by atoms with Crippen molar-refractivity contribution >= 4 is 8.25 Å². The van der Waals surface area contributed by atoms with Crippen LogP contribution in [0.1, 0.15) is 6.42 Å². The van der Waals surface area contributed by atoms with E-state index in [1.165, 1.54) is 0 Å². The standard InChI is InChI=1S/C5H9O3P/c1-2-3-5-4-7-9(6)8-5/h2,5,9H,1,3-4H2. The highest BCUT2D eigenvalue weighted by Crippen LogP contribution is 2.34. The van der Waals surface area contributed by atoms with Crippen molar-refractivity contribution in [3.8, 4) is 0 Å². The van der Waals surface area contributed by atoms with Gasteiger partial charge in [-0.25, -0.2) is 0 Å². The first-order valence-corrected chi connectivity index (χ1v) is 3.99. The van der Waals surface area contributed by atoms with Crippen molar-refractivity contribution in [3.63, 3.8) is 0 Å². The summed E-state index contributed by atoms with van der Waals surface area (Å²) in [5.41, 5.74) is 0. The van der Waals surface area contributed by atoms with Crippen molar-refractivity contribution in [1.82, 2.24) is 0 Å². The summed E-state index contributed by atoms with van der Waals surface area (Å²) in [6.07, 6.45) is 2.43. The Balaban J connectivity index is 2.29. The van der Waals surface area contributed by atoms with Crippen molar-refractivity contribution in [2.45, 2.75) is 12.5 Å². The third-order valence-corrected chi connectivity index (χ3v) is 2.01. The van der Waals surface area contributed by atoms with Crippen LogP contribution in [0.3, 0.4) is 0 Å². The van der Waals surface area contributed by atoms with Gasteiger partial charge < -0.3 is 9.05 Å². The Kier molecular flexibility index (Phi) is 2.46. The zero-order chi connectivity index (χ0) is 6.69. The molecule has 0 bridgehead atoms. The highest BCUT2D eigenvalue weighted by atomic mass is 31.1. The number of hydrogen-bond acceptors (Lipinski definition) is 3. The van der Waals surface area contributed by atoms with E-state index < -0.39 is 8.25 Å². The van der Waals surface area contributed by atoms with E-state index in [-0.39, 0.29) is 6.10 Å². The van der Waals surface area contributed by atoms with Crippen LogP contribution in [0.4, 0.5) is 0 Å².